The molecule has 1 aromatic carbocycles. The first kappa shape index (κ1) is 18.6. The summed E-state index contributed by atoms with van der Waals surface area (Å²) in [5, 5.41) is 0. The lowest BCUT2D eigenvalue weighted by atomic mass is 9.97. The summed E-state index contributed by atoms with van der Waals surface area (Å²) in [5.74, 6) is -1.09. The van der Waals surface area contributed by atoms with Crippen LogP contribution in [-0.2, 0) is 19.3 Å². The van der Waals surface area contributed by atoms with Crippen LogP contribution in [0, 0.1) is 0 Å². The predicted octanol–water partition coefficient (Wildman–Crippen LogP) is 2.06. The predicted molar refractivity (Wildman–Crippen MR) is 87.7 cm³/mol. The molecule has 0 radical (unpaired) electrons. The van der Waals surface area contributed by atoms with Crippen LogP contribution < -0.4 is 0 Å². The Morgan fingerprint density at radius 1 is 1.12 bits per heavy atom. The van der Waals surface area contributed by atoms with Gasteiger partial charge < -0.3 is 4.79 Å². The van der Waals surface area contributed by atoms with Gasteiger partial charge in [0.05, 0.1) is 0 Å². The monoisotopic (exact) mass is 343 g/mol. The normalized spacial score (nSPS) is 12.4. The number of Topliss-reactive ketones (excluding diaryl/α,β-unsaturated/α-hetero) is 1. The molecule has 1 atom stereocenters. The van der Waals surface area contributed by atoms with Gasteiger partial charge in [-0.05, 0) is 12.1 Å². The second kappa shape index (κ2) is 8.39. The average molecular weight is 343 g/mol. The van der Waals surface area contributed by atoms with Crippen molar-refractivity contribution < 1.29 is 28.9 Å². The summed E-state index contributed by atoms with van der Waals surface area (Å²) in [6.07, 6.45) is 3.00. The van der Waals surface area contributed by atoms with Gasteiger partial charge in [0.25, 0.3) is 0 Å². The first-order chi connectivity index (χ1) is 12.1. The van der Waals surface area contributed by atoms with Gasteiger partial charge in [0.1, 0.15) is 26.9 Å². The third-order valence-corrected chi connectivity index (χ3v) is 3.79. The number of pyridine rings is 1. The third kappa shape index (κ3) is 3.69. The van der Waals surface area contributed by atoms with E-state index in [0.29, 0.717) is 17.4 Å². The molecule has 7 heteroatoms. The van der Waals surface area contributed by atoms with Crippen molar-refractivity contribution in [2.24, 2.45) is 0 Å². The van der Waals surface area contributed by atoms with E-state index in [9.17, 15) is 14.4 Å². The van der Waals surface area contributed by atoms with Crippen molar-refractivity contribution in [3.8, 4) is 0 Å². The zero-order chi connectivity index (χ0) is 18.3. The van der Waals surface area contributed by atoms with E-state index >= 15 is 0 Å². The molecule has 25 heavy (non-hydrogen) atoms. The highest BCUT2D eigenvalue weighted by atomic mass is 17.0. The Balaban J connectivity index is 2.63. The molecule has 0 bridgehead atoms. The standard InChI is InChI=1S/C18H19N2O5/c1-24-20(25-2,16(22)10-12-21)17(15-9-6-11-19-13-15)18(23)14-7-4-3-5-8-14/h3-9,11-13,17H,10H2,1-2H3/q+1. The minimum absolute atomic E-state index is 0.381. The lowest BCUT2D eigenvalue weighted by Gasteiger charge is -2.33. The Morgan fingerprint density at radius 2 is 1.80 bits per heavy atom. The van der Waals surface area contributed by atoms with Crippen LogP contribution in [0.5, 0.6) is 0 Å². The number of hydroxylamine groups is 4. The van der Waals surface area contributed by atoms with Crippen LogP contribution in [0.3, 0.4) is 0 Å². The van der Waals surface area contributed by atoms with Gasteiger partial charge in [-0.15, -0.1) is 0 Å². The molecule has 2 aromatic rings. The second-order valence-corrected chi connectivity index (χ2v) is 5.15. The Labute approximate surface area is 145 Å². The number of carbonyl (C=O) groups excluding carboxylic acids is 3. The lowest BCUT2D eigenvalue weighted by molar-refractivity contribution is -1.20. The highest BCUT2D eigenvalue weighted by Crippen LogP contribution is 2.33. The Bertz CT molecular complexity index is 730. The molecule has 0 saturated heterocycles. The van der Waals surface area contributed by atoms with E-state index in [1.54, 1.807) is 48.7 Å². The lowest BCUT2D eigenvalue weighted by Crippen LogP contribution is -2.55. The average Bonchev–Trinajstić information content (AvgIpc) is 2.67. The number of nitrogens with zero attached hydrogens (tertiary/aromatic N) is 2. The number of benzene rings is 1. The smallest absolute Gasteiger partial charge is 0.303 e. The van der Waals surface area contributed by atoms with Gasteiger partial charge in [0, 0.05) is 28.3 Å². The minimum Gasteiger partial charge on any atom is -0.303 e. The quantitative estimate of drug-likeness (QED) is 0.240. The molecule has 1 heterocycles. The zero-order valence-electron chi connectivity index (χ0n) is 14.0. The van der Waals surface area contributed by atoms with E-state index in [2.05, 4.69) is 4.98 Å². The molecule has 0 N–H and O–H groups in total. The molecular weight excluding hydrogens is 324 g/mol. The molecule has 1 amide bonds. The molecule has 0 spiro atoms. The van der Waals surface area contributed by atoms with Crippen molar-refractivity contribution in [2.75, 3.05) is 14.2 Å². The molecule has 130 valence electrons. The topological polar surface area (TPSA) is 82.6 Å². The summed E-state index contributed by atoms with van der Waals surface area (Å²) in [5.41, 5.74) is 0.811. The second-order valence-electron chi connectivity index (χ2n) is 5.15. The van der Waals surface area contributed by atoms with E-state index in [-0.39, 0.29) is 0 Å². The largest absolute Gasteiger partial charge is 0.387 e. The summed E-state index contributed by atoms with van der Waals surface area (Å²) in [4.78, 5) is 50.2. The summed E-state index contributed by atoms with van der Waals surface area (Å²) in [6, 6.07) is 10.6. The van der Waals surface area contributed by atoms with E-state index in [0.717, 1.165) is 0 Å². The maximum Gasteiger partial charge on any atom is 0.387 e. The summed E-state index contributed by atoms with van der Waals surface area (Å²) < 4.78 is 0. The van der Waals surface area contributed by atoms with Gasteiger partial charge >= 0.3 is 5.91 Å². The number of rotatable bonds is 8. The maximum atomic E-state index is 13.2. The van der Waals surface area contributed by atoms with E-state index < -0.39 is 29.0 Å². The fourth-order valence-electron chi connectivity index (χ4n) is 2.63. The van der Waals surface area contributed by atoms with Gasteiger partial charge in [-0.25, -0.2) is 4.79 Å². The SMILES string of the molecule is CO[N+](OC)(C(=O)CC=O)C(C(=O)c1ccccc1)c1cccnc1. The number of aldehydes is 1. The summed E-state index contributed by atoms with van der Waals surface area (Å²) >= 11 is 0. The molecule has 0 fully saturated rings. The van der Waals surface area contributed by atoms with Crippen LogP contribution in [0.2, 0.25) is 0 Å². The number of amides is 1. The molecule has 2 rings (SSSR count). The van der Waals surface area contributed by atoms with Crippen molar-refractivity contribution in [2.45, 2.75) is 12.5 Å². The van der Waals surface area contributed by atoms with E-state index in [1.165, 1.54) is 20.4 Å². The minimum atomic E-state index is -1.17. The molecular formula is C18H19N2O5+. The molecule has 7 nitrogen and oxygen atoms in total. The fraction of sp³-hybridized carbons (Fsp3) is 0.222. The van der Waals surface area contributed by atoms with Crippen molar-refractivity contribution in [3.05, 3.63) is 66.0 Å². The van der Waals surface area contributed by atoms with Crippen molar-refractivity contribution in [3.63, 3.8) is 0 Å². The number of carbonyl (C=O) groups is 3. The number of hydrogen-bond acceptors (Lipinski definition) is 6. The fourth-order valence-corrected chi connectivity index (χ4v) is 2.63. The number of quaternary nitrogens is 1. The number of ketones is 1. The van der Waals surface area contributed by atoms with Crippen molar-refractivity contribution >= 4 is 18.0 Å². The van der Waals surface area contributed by atoms with Crippen LogP contribution in [0.15, 0.2) is 54.9 Å². The summed E-state index contributed by atoms with van der Waals surface area (Å²) in [6.45, 7) is 0. The van der Waals surface area contributed by atoms with E-state index in [1.807, 2.05) is 0 Å². The van der Waals surface area contributed by atoms with Crippen LogP contribution >= 0.6 is 0 Å². The van der Waals surface area contributed by atoms with Gasteiger partial charge in [0.15, 0.2) is 0 Å². The Morgan fingerprint density at radius 3 is 2.32 bits per heavy atom. The molecule has 0 aliphatic rings. The molecule has 0 aliphatic carbocycles. The first-order valence-electron chi connectivity index (χ1n) is 7.57. The van der Waals surface area contributed by atoms with Gasteiger partial charge in [0.2, 0.25) is 11.8 Å². The molecule has 0 saturated carbocycles. The summed E-state index contributed by atoms with van der Waals surface area (Å²) in [7, 11) is 2.49. The van der Waals surface area contributed by atoms with Crippen LogP contribution in [0.25, 0.3) is 0 Å². The number of aromatic nitrogens is 1. The van der Waals surface area contributed by atoms with Crippen molar-refractivity contribution in [1.29, 1.82) is 0 Å². The Hall–Kier alpha value is -2.74. The maximum absolute atomic E-state index is 13.2. The van der Waals surface area contributed by atoms with Gasteiger partial charge in [-0.3, -0.25) is 9.78 Å². The number of hydrogen-bond donors (Lipinski definition) is 0. The molecule has 0 aliphatic heterocycles. The van der Waals surface area contributed by atoms with E-state index in [4.69, 9.17) is 9.68 Å². The third-order valence-electron chi connectivity index (χ3n) is 3.79. The van der Waals surface area contributed by atoms with Gasteiger partial charge in [-0.1, -0.05) is 30.3 Å². The van der Waals surface area contributed by atoms with Crippen molar-refractivity contribution in [1.82, 2.24) is 4.98 Å². The van der Waals surface area contributed by atoms with Crippen LogP contribution in [0.1, 0.15) is 28.4 Å². The molecule has 1 aromatic heterocycles. The molecule has 1 unspecified atom stereocenters. The van der Waals surface area contributed by atoms with Crippen LogP contribution in [0.4, 0.5) is 0 Å². The van der Waals surface area contributed by atoms with Crippen LogP contribution in [-0.4, -0.2) is 42.0 Å². The van der Waals surface area contributed by atoms with Gasteiger partial charge in [-0.2, -0.15) is 9.68 Å². The highest BCUT2D eigenvalue weighted by Gasteiger charge is 2.53. The first-order valence-corrected chi connectivity index (χ1v) is 7.57. The zero-order valence-corrected chi connectivity index (χ0v) is 14.0. The Kier molecular flexibility index (Phi) is 6.24. The highest BCUT2D eigenvalue weighted by molar-refractivity contribution is 6.00.